The molecule has 1 saturated carbocycles. The molecule has 0 aromatic rings. The normalized spacial score (nSPS) is 24.0. The highest BCUT2D eigenvalue weighted by atomic mass is 15.3. The molecular formula is C15H31N3. The summed E-state index contributed by atoms with van der Waals surface area (Å²) in [6.45, 7) is 14.3. The Morgan fingerprint density at radius 1 is 1.17 bits per heavy atom. The van der Waals surface area contributed by atoms with Crippen LogP contribution in [0.25, 0.3) is 0 Å². The molecule has 0 aromatic heterocycles. The minimum Gasteiger partial charge on any atom is -0.314 e. The summed E-state index contributed by atoms with van der Waals surface area (Å²) in [6.07, 6.45) is 5.72. The summed E-state index contributed by atoms with van der Waals surface area (Å²) in [5.41, 5.74) is 0.320. The summed E-state index contributed by atoms with van der Waals surface area (Å²) in [4.78, 5) is 5.40. The van der Waals surface area contributed by atoms with Crippen LogP contribution in [0.1, 0.15) is 46.5 Å². The molecule has 0 radical (unpaired) electrons. The molecule has 2 rings (SSSR count). The van der Waals surface area contributed by atoms with Crippen LogP contribution in [0.15, 0.2) is 0 Å². The lowest BCUT2D eigenvalue weighted by Gasteiger charge is -2.45. The first-order valence-corrected chi connectivity index (χ1v) is 7.83. The van der Waals surface area contributed by atoms with Gasteiger partial charge in [0.15, 0.2) is 0 Å². The number of rotatable bonds is 5. The fourth-order valence-corrected chi connectivity index (χ4v) is 3.64. The van der Waals surface area contributed by atoms with Gasteiger partial charge in [0.05, 0.1) is 0 Å². The van der Waals surface area contributed by atoms with Crippen molar-refractivity contribution in [1.29, 1.82) is 0 Å². The lowest BCUT2D eigenvalue weighted by Crippen LogP contribution is -2.58. The molecule has 18 heavy (non-hydrogen) atoms. The van der Waals surface area contributed by atoms with E-state index in [9.17, 15) is 0 Å². The van der Waals surface area contributed by atoms with Crippen molar-refractivity contribution >= 4 is 0 Å². The summed E-state index contributed by atoms with van der Waals surface area (Å²) >= 11 is 0. The van der Waals surface area contributed by atoms with E-state index in [0.29, 0.717) is 5.54 Å². The van der Waals surface area contributed by atoms with Gasteiger partial charge in [0, 0.05) is 44.3 Å². The maximum atomic E-state index is 3.45. The van der Waals surface area contributed by atoms with Gasteiger partial charge in [0.2, 0.25) is 0 Å². The van der Waals surface area contributed by atoms with Crippen LogP contribution in [-0.2, 0) is 0 Å². The van der Waals surface area contributed by atoms with Crippen LogP contribution in [0.4, 0.5) is 0 Å². The number of piperazine rings is 1. The molecule has 106 valence electrons. The lowest BCUT2D eigenvalue weighted by atomic mass is 9.99. The number of nitrogens with zero attached hydrogens (tertiary/aromatic N) is 2. The largest absolute Gasteiger partial charge is 0.314 e. The van der Waals surface area contributed by atoms with Gasteiger partial charge in [-0.15, -0.1) is 0 Å². The monoisotopic (exact) mass is 253 g/mol. The van der Waals surface area contributed by atoms with E-state index in [4.69, 9.17) is 0 Å². The third kappa shape index (κ3) is 3.46. The Morgan fingerprint density at radius 3 is 2.33 bits per heavy atom. The second-order valence-corrected chi connectivity index (χ2v) is 6.55. The van der Waals surface area contributed by atoms with Crippen LogP contribution in [0, 0.1) is 0 Å². The summed E-state index contributed by atoms with van der Waals surface area (Å²) in [5.74, 6) is 0. The predicted octanol–water partition coefficient (Wildman–Crippen LogP) is 1.93. The molecule has 0 unspecified atom stereocenters. The molecule has 1 N–H and O–H groups in total. The van der Waals surface area contributed by atoms with Crippen molar-refractivity contribution in [3.05, 3.63) is 0 Å². The molecule has 0 amide bonds. The first kappa shape index (κ1) is 14.3. The van der Waals surface area contributed by atoms with Crippen LogP contribution in [0.3, 0.4) is 0 Å². The molecule has 1 saturated heterocycles. The molecule has 2 fully saturated rings. The van der Waals surface area contributed by atoms with Crippen molar-refractivity contribution in [3.63, 3.8) is 0 Å². The predicted molar refractivity (Wildman–Crippen MR) is 78.0 cm³/mol. The van der Waals surface area contributed by atoms with E-state index < -0.39 is 0 Å². The Morgan fingerprint density at radius 2 is 1.78 bits per heavy atom. The van der Waals surface area contributed by atoms with E-state index >= 15 is 0 Å². The van der Waals surface area contributed by atoms with E-state index in [1.807, 2.05) is 0 Å². The molecule has 0 bridgehead atoms. The molecule has 2 aliphatic rings. The van der Waals surface area contributed by atoms with E-state index in [-0.39, 0.29) is 0 Å². The van der Waals surface area contributed by atoms with Gasteiger partial charge in [-0.25, -0.2) is 0 Å². The molecule has 3 nitrogen and oxygen atoms in total. The fourth-order valence-electron chi connectivity index (χ4n) is 3.64. The van der Waals surface area contributed by atoms with Gasteiger partial charge in [-0.2, -0.15) is 0 Å². The smallest absolute Gasteiger partial charge is 0.0281 e. The third-order valence-corrected chi connectivity index (χ3v) is 4.81. The third-order valence-electron chi connectivity index (χ3n) is 4.81. The highest BCUT2D eigenvalue weighted by Gasteiger charge is 2.32. The summed E-state index contributed by atoms with van der Waals surface area (Å²) in [6, 6.07) is 0.859. The number of hydrogen-bond donors (Lipinski definition) is 1. The van der Waals surface area contributed by atoms with Gasteiger partial charge < -0.3 is 5.32 Å². The Balaban J connectivity index is 1.91. The molecule has 1 heterocycles. The van der Waals surface area contributed by atoms with Gasteiger partial charge in [0.25, 0.3) is 0 Å². The zero-order valence-corrected chi connectivity index (χ0v) is 12.5. The number of nitrogens with one attached hydrogen (secondary N) is 1. The average molecular weight is 253 g/mol. The van der Waals surface area contributed by atoms with Gasteiger partial charge in [0.1, 0.15) is 0 Å². The quantitative estimate of drug-likeness (QED) is 0.808. The van der Waals surface area contributed by atoms with E-state index in [0.717, 1.165) is 19.1 Å². The van der Waals surface area contributed by atoms with Gasteiger partial charge >= 0.3 is 0 Å². The summed E-state index contributed by atoms with van der Waals surface area (Å²) < 4.78 is 0. The first-order valence-electron chi connectivity index (χ1n) is 7.83. The van der Waals surface area contributed by atoms with Crippen molar-refractivity contribution in [2.75, 3.05) is 39.3 Å². The van der Waals surface area contributed by atoms with Crippen molar-refractivity contribution < 1.29 is 0 Å². The lowest BCUT2D eigenvalue weighted by molar-refractivity contribution is 0.0498. The average Bonchev–Trinajstić information content (AvgIpc) is 2.91. The number of hydrogen-bond acceptors (Lipinski definition) is 3. The SMILES string of the molecule is CCN(CC(C)(C)N1CCNCC1)C1CCCC1. The van der Waals surface area contributed by atoms with Crippen molar-refractivity contribution in [3.8, 4) is 0 Å². The highest BCUT2D eigenvalue weighted by molar-refractivity contribution is 4.90. The Bertz CT molecular complexity index is 240. The van der Waals surface area contributed by atoms with Gasteiger partial charge in [-0.05, 0) is 33.2 Å². The molecular weight excluding hydrogens is 222 g/mol. The maximum Gasteiger partial charge on any atom is 0.0281 e. The highest BCUT2D eigenvalue weighted by Crippen LogP contribution is 2.26. The zero-order chi connectivity index (χ0) is 13.0. The molecule has 1 aliphatic carbocycles. The topological polar surface area (TPSA) is 18.5 Å². The Kier molecular flexibility index (Phi) is 5.05. The van der Waals surface area contributed by atoms with Crippen LogP contribution in [-0.4, -0.2) is 60.6 Å². The summed E-state index contributed by atoms with van der Waals surface area (Å²) in [5, 5.41) is 3.45. The summed E-state index contributed by atoms with van der Waals surface area (Å²) in [7, 11) is 0. The second kappa shape index (κ2) is 6.36. The van der Waals surface area contributed by atoms with Crippen molar-refractivity contribution in [2.45, 2.75) is 58.0 Å². The second-order valence-electron chi connectivity index (χ2n) is 6.55. The van der Waals surface area contributed by atoms with Crippen molar-refractivity contribution in [2.24, 2.45) is 0 Å². The molecule has 0 spiro atoms. The van der Waals surface area contributed by atoms with E-state index in [1.165, 1.54) is 51.9 Å². The first-order chi connectivity index (χ1) is 8.63. The van der Waals surface area contributed by atoms with Gasteiger partial charge in [-0.1, -0.05) is 19.8 Å². The van der Waals surface area contributed by atoms with Crippen molar-refractivity contribution in [1.82, 2.24) is 15.1 Å². The zero-order valence-electron chi connectivity index (χ0n) is 12.5. The molecule has 0 aromatic carbocycles. The molecule has 1 aliphatic heterocycles. The molecule has 3 heteroatoms. The fraction of sp³-hybridized carbons (Fsp3) is 1.00. The van der Waals surface area contributed by atoms with Crippen LogP contribution < -0.4 is 5.32 Å². The molecule has 0 atom stereocenters. The van der Waals surface area contributed by atoms with Crippen LogP contribution in [0.2, 0.25) is 0 Å². The van der Waals surface area contributed by atoms with Gasteiger partial charge in [-0.3, -0.25) is 9.80 Å². The Hall–Kier alpha value is -0.120. The standard InChI is InChI=1S/C15H31N3/c1-4-17(14-7-5-6-8-14)13-15(2,3)18-11-9-16-10-12-18/h14,16H,4-13H2,1-3H3. The van der Waals surface area contributed by atoms with E-state index in [1.54, 1.807) is 0 Å². The van der Waals surface area contributed by atoms with Crippen LogP contribution >= 0.6 is 0 Å². The Labute approximate surface area is 113 Å². The maximum absolute atomic E-state index is 3.45. The minimum absolute atomic E-state index is 0.320. The number of likely N-dealkylation sites (N-methyl/N-ethyl adjacent to an activating group) is 1. The minimum atomic E-state index is 0.320. The van der Waals surface area contributed by atoms with Crippen LogP contribution in [0.5, 0.6) is 0 Å². The van der Waals surface area contributed by atoms with E-state index in [2.05, 4.69) is 35.9 Å².